The Bertz CT molecular complexity index is 3.90. The Hall–Kier alpha value is 3.64. The van der Waals surface area contributed by atoms with Crippen molar-refractivity contribution >= 4 is 0 Å². The van der Waals surface area contributed by atoms with Crippen molar-refractivity contribution in [3.05, 3.63) is 0 Å². The van der Waals surface area contributed by atoms with Crippen molar-refractivity contribution in [1.29, 1.82) is 0 Å². The standard InChI is InChI=1S/Fe.5Zn. The van der Waals surface area contributed by atoms with E-state index >= 15 is 0 Å². The van der Waals surface area contributed by atoms with Crippen LogP contribution < -0.4 is 0 Å². The number of hydrogen-bond acceptors (Lipinski definition) is 0. The van der Waals surface area contributed by atoms with E-state index in [2.05, 4.69) is 0 Å². The molecule has 0 aromatic heterocycles. The monoisotopic (exact) mass is 376 g/mol. The van der Waals surface area contributed by atoms with E-state index in [1.165, 1.54) is 0 Å². The Morgan fingerprint density at radius 2 is 0.333 bits per heavy atom. The first kappa shape index (κ1) is 54.4. The average Bonchev–Trinajstić information content (AvgIpc) is 0. The third kappa shape index (κ3) is 25.4. The molecule has 18 valence electrons. The fraction of sp³-hybridized carbons (Fsp3) is 0. The van der Waals surface area contributed by atoms with Gasteiger partial charge in [0, 0.05) is 114 Å². The summed E-state index contributed by atoms with van der Waals surface area (Å²) in [5.74, 6) is 0. The fourth-order valence-electron chi connectivity index (χ4n) is 0. The van der Waals surface area contributed by atoms with Gasteiger partial charge in [-0.1, -0.05) is 0 Å². The molecule has 0 aliphatic heterocycles. The summed E-state index contributed by atoms with van der Waals surface area (Å²) in [6.07, 6.45) is 0. The van der Waals surface area contributed by atoms with E-state index in [4.69, 9.17) is 0 Å². The van der Waals surface area contributed by atoms with Crippen molar-refractivity contribution in [2.75, 3.05) is 0 Å². The smallest absolute Gasteiger partial charge is 0 e. The third-order valence-corrected chi connectivity index (χ3v) is 0. The predicted molar refractivity (Wildman–Crippen MR) is 0 cm³/mol. The summed E-state index contributed by atoms with van der Waals surface area (Å²) in [6, 6.07) is 0. The largest absolute Gasteiger partial charge is 0 e. The van der Waals surface area contributed by atoms with Gasteiger partial charge in [-0.2, -0.15) is 0 Å². The van der Waals surface area contributed by atoms with Gasteiger partial charge in [0.2, 0.25) is 0 Å². The first-order valence-electron chi connectivity index (χ1n) is 0. The second-order valence-corrected chi connectivity index (χ2v) is 0. The van der Waals surface area contributed by atoms with E-state index in [1.807, 2.05) is 0 Å². The minimum absolute atomic E-state index is 0. The van der Waals surface area contributed by atoms with Crippen LogP contribution in [0.15, 0.2) is 0 Å². The van der Waals surface area contributed by atoms with E-state index in [1.54, 1.807) is 0 Å². The van der Waals surface area contributed by atoms with Gasteiger partial charge in [0.1, 0.15) is 0 Å². The molecular weight excluding hydrogens is 383 g/mol. The fourth-order valence-corrected chi connectivity index (χ4v) is 0. The minimum Gasteiger partial charge on any atom is 0 e. The van der Waals surface area contributed by atoms with Gasteiger partial charge in [-0.25, -0.2) is 0 Å². The molecule has 0 spiro atoms. The molecule has 0 nitrogen and oxygen atoms in total. The van der Waals surface area contributed by atoms with Gasteiger partial charge in [-0.15, -0.1) is 0 Å². The van der Waals surface area contributed by atoms with Crippen LogP contribution >= 0.6 is 0 Å². The van der Waals surface area contributed by atoms with Crippen LogP contribution in [-0.4, -0.2) is 0 Å². The Kier molecular flexibility index (Phi) is 345. The molecule has 6 heavy (non-hydrogen) atoms. The van der Waals surface area contributed by atoms with E-state index in [0.717, 1.165) is 0 Å². The number of hydrogen-bond donors (Lipinski definition) is 0. The van der Waals surface area contributed by atoms with Gasteiger partial charge in [-0.05, 0) is 0 Å². The Labute approximate surface area is 112 Å². The van der Waals surface area contributed by atoms with Crippen LogP contribution in [0.3, 0.4) is 0 Å². The van der Waals surface area contributed by atoms with Crippen LogP contribution in [0, 0.1) is 0 Å². The molecule has 0 aliphatic rings. The minimum atomic E-state index is 0. The average molecular weight is 383 g/mol. The zero-order valence-electron chi connectivity index (χ0n) is 3.89. The molecule has 0 aliphatic carbocycles. The van der Waals surface area contributed by atoms with Crippen LogP contribution in [0.5, 0.6) is 0 Å². The molecule has 0 fully saturated rings. The molecule has 0 heterocycles. The summed E-state index contributed by atoms with van der Waals surface area (Å²) in [7, 11) is 0. The second-order valence-electron chi connectivity index (χ2n) is 0. The molecule has 0 unspecified atom stereocenters. The van der Waals surface area contributed by atoms with Gasteiger partial charge >= 0.3 is 0 Å². The van der Waals surface area contributed by atoms with Crippen molar-refractivity contribution in [3.8, 4) is 0 Å². The van der Waals surface area contributed by atoms with Gasteiger partial charge in [-0.3, -0.25) is 0 Å². The summed E-state index contributed by atoms with van der Waals surface area (Å²) in [5.41, 5.74) is 0. The SMILES string of the molecule is [Fe].[Zn].[Zn].[Zn].[Zn].[Zn]. The molecule has 6 heteroatoms. The van der Waals surface area contributed by atoms with Gasteiger partial charge in [0.05, 0.1) is 0 Å². The molecular formula is FeZn5. The molecule has 0 aromatic rings. The van der Waals surface area contributed by atoms with Crippen molar-refractivity contribution in [2.45, 2.75) is 0 Å². The van der Waals surface area contributed by atoms with Crippen LogP contribution in [0.25, 0.3) is 0 Å². The zero-order valence-corrected chi connectivity index (χ0v) is 19.8. The Morgan fingerprint density at radius 1 is 0.333 bits per heavy atom. The van der Waals surface area contributed by atoms with Crippen molar-refractivity contribution in [1.82, 2.24) is 0 Å². The molecule has 0 saturated carbocycles. The quantitative estimate of drug-likeness (QED) is 0.517. The molecule has 0 amide bonds. The Morgan fingerprint density at radius 3 is 0.333 bits per heavy atom. The Balaban J connectivity index is 0. The normalized spacial score (nSPS) is 0. The summed E-state index contributed by atoms with van der Waals surface area (Å²) in [5, 5.41) is 0. The van der Waals surface area contributed by atoms with Crippen LogP contribution in [-0.2, 0) is 114 Å². The molecule has 0 bridgehead atoms. The maximum absolute atomic E-state index is 0. The van der Waals surface area contributed by atoms with Crippen molar-refractivity contribution in [2.24, 2.45) is 0 Å². The van der Waals surface area contributed by atoms with Crippen molar-refractivity contribution in [3.63, 3.8) is 0 Å². The van der Waals surface area contributed by atoms with Gasteiger partial charge in [0.15, 0.2) is 0 Å². The van der Waals surface area contributed by atoms with E-state index < -0.39 is 0 Å². The molecule has 0 rings (SSSR count). The van der Waals surface area contributed by atoms with E-state index in [9.17, 15) is 0 Å². The van der Waals surface area contributed by atoms with E-state index in [-0.39, 0.29) is 114 Å². The first-order valence-corrected chi connectivity index (χ1v) is 0. The summed E-state index contributed by atoms with van der Waals surface area (Å²) >= 11 is 0. The molecule has 0 N–H and O–H groups in total. The summed E-state index contributed by atoms with van der Waals surface area (Å²) in [4.78, 5) is 0. The number of rotatable bonds is 0. The zero-order chi connectivity index (χ0) is 0. The topological polar surface area (TPSA) is 0 Å². The van der Waals surface area contributed by atoms with Crippen LogP contribution in [0.4, 0.5) is 0 Å². The molecule has 0 aromatic carbocycles. The van der Waals surface area contributed by atoms with Gasteiger partial charge in [0.25, 0.3) is 0 Å². The predicted octanol–water partition coefficient (Wildman–Crippen LogP) is -0.0150. The molecule has 0 radical (unpaired) electrons. The van der Waals surface area contributed by atoms with Crippen LogP contribution in [0.2, 0.25) is 0 Å². The second kappa shape index (κ2) is 38.1. The molecule has 0 saturated heterocycles. The first-order chi connectivity index (χ1) is 0. The summed E-state index contributed by atoms with van der Waals surface area (Å²) in [6.45, 7) is 0. The maximum atomic E-state index is 0. The van der Waals surface area contributed by atoms with Crippen LogP contribution in [0.1, 0.15) is 0 Å². The summed E-state index contributed by atoms with van der Waals surface area (Å²) < 4.78 is 0. The maximum Gasteiger partial charge on any atom is 0 e. The van der Waals surface area contributed by atoms with Gasteiger partial charge < -0.3 is 0 Å². The molecule has 0 atom stereocenters. The van der Waals surface area contributed by atoms with Crippen molar-refractivity contribution < 1.29 is 114 Å². The third-order valence-electron chi connectivity index (χ3n) is 0. The van der Waals surface area contributed by atoms with E-state index in [0.29, 0.717) is 0 Å².